The van der Waals surface area contributed by atoms with Crippen LogP contribution in [0.25, 0.3) is 0 Å². The smallest absolute Gasteiger partial charge is 0.0531 e. The Balaban J connectivity index is 2.02. The van der Waals surface area contributed by atoms with E-state index in [1.807, 2.05) is 7.11 Å². The monoisotopic (exact) mass is 254 g/mol. The van der Waals surface area contributed by atoms with Crippen molar-refractivity contribution in [2.24, 2.45) is 5.41 Å². The van der Waals surface area contributed by atoms with Crippen molar-refractivity contribution in [1.82, 2.24) is 10.2 Å². The van der Waals surface area contributed by atoms with Gasteiger partial charge >= 0.3 is 0 Å². The minimum atomic E-state index is 0.389. The van der Waals surface area contributed by atoms with Crippen molar-refractivity contribution >= 4 is 0 Å². The molecule has 0 aliphatic carbocycles. The van der Waals surface area contributed by atoms with Gasteiger partial charge in [0, 0.05) is 31.2 Å². The van der Waals surface area contributed by atoms with Gasteiger partial charge in [0.1, 0.15) is 0 Å². The number of hydrogen-bond donors (Lipinski definition) is 1. The van der Waals surface area contributed by atoms with Crippen molar-refractivity contribution in [2.45, 2.75) is 58.0 Å². The van der Waals surface area contributed by atoms with Gasteiger partial charge in [0.15, 0.2) is 0 Å². The van der Waals surface area contributed by atoms with Crippen LogP contribution in [0.3, 0.4) is 0 Å². The molecule has 0 spiro atoms. The zero-order chi connectivity index (χ0) is 13.0. The highest BCUT2D eigenvalue weighted by Gasteiger charge is 2.37. The highest BCUT2D eigenvalue weighted by molar-refractivity contribution is 4.91. The van der Waals surface area contributed by atoms with Crippen LogP contribution in [0.4, 0.5) is 0 Å². The Bertz CT molecular complexity index is 235. The molecule has 2 saturated heterocycles. The first-order chi connectivity index (χ1) is 8.67. The average Bonchev–Trinajstić information content (AvgIpc) is 2.36. The lowest BCUT2D eigenvalue weighted by atomic mass is 9.78. The molecule has 0 aromatic heterocycles. The highest BCUT2D eigenvalue weighted by atomic mass is 16.5. The largest absolute Gasteiger partial charge is 0.384 e. The molecule has 106 valence electrons. The predicted octanol–water partition coefficient (Wildman–Crippen LogP) is 2.27. The van der Waals surface area contributed by atoms with E-state index < -0.39 is 0 Å². The fourth-order valence-corrected chi connectivity index (χ4v) is 3.79. The van der Waals surface area contributed by atoms with Crippen LogP contribution in [-0.4, -0.2) is 50.3 Å². The molecule has 2 atom stereocenters. The maximum absolute atomic E-state index is 5.54. The second kappa shape index (κ2) is 6.36. The van der Waals surface area contributed by atoms with Crippen molar-refractivity contribution in [2.75, 3.05) is 33.4 Å². The lowest BCUT2D eigenvalue weighted by Crippen LogP contribution is -2.53. The van der Waals surface area contributed by atoms with Gasteiger partial charge in [-0.15, -0.1) is 0 Å². The van der Waals surface area contributed by atoms with E-state index in [9.17, 15) is 0 Å². The van der Waals surface area contributed by atoms with Crippen LogP contribution in [0.5, 0.6) is 0 Å². The summed E-state index contributed by atoms with van der Waals surface area (Å²) in [6.45, 7) is 9.25. The molecular weight excluding hydrogens is 224 g/mol. The van der Waals surface area contributed by atoms with Crippen molar-refractivity contribution in [3.63, 3.8) is 0 Å². The van der Waals surface area contributed by atoms with Crippen molar-refractivity contribution in [3.05, 3.63) is 0 Å². The maximum atomic E-state index is 5.54. The van der Waals surface area contributed by atoms with Gasteiger partial charge in [-0.1, -0.05) is 6.42 Å². The maximum Gasteiger partial charge on any atom is 0.0531 e. The second-order valence-electron chi connectivity index (χ2n) is 6.48. The summed E-state index contributed by atoms with van der Waals surface area (Å²) in [5.41, 5.74) is 0.389. The number of nitrogens with zero attached hydrogens (tertiary/aromatic N) is 1. The number of rotatable bonds is 4. The van der Waals surface area contributed by atoms with E-state index in [1.54, 1.807) is 0 Å². The first kappa shape index (κ1) is 14.3. The lowest BCUT2D eigenvalue weighted by Gasteiger charge is -2.47. The molecule has 0 bridgehead atoms. The number of methoxy groups -OCH3 is 1. The van der Waals surface area contributed by atoms with Gasteiger partial charge in [0.2, 0.25) is 0 Å². The second-order valence-corrected chi connectivity index (χ2v) is 6.48. The summed E-state index contributed by atoms with van der Waals surface area (Å²) in [7, 11) is 1.85. The summed E-state index contributed by atoms with van der Waals surface area (Å²) in [6, 6.07) is 1.50. The number of nitrogens with one attached hydrogen (secondary N) is 1. The lowest BCUT2D eigenvalue weighted by molar-refractivity contribution is -0.0123. The molecule has 2 aliphatic rings. The minimum Gasteiger partial charge on any atom is -0.384 e. The molecule has 2 unspecified atom stereocenters. The van der Waals surface area contributed by atoms with Gasteiger partial charge < -0.3 is 10.1 Å². The molecule has 3 heteroatoms. The highest BCUT2D eigenvalue weighted by Crippen LogP contribution is 2.34. The van der Waals surface area contributed by atoms with Gasteiger partial charge in [-0.05, 0) is 52.6 Å². The molecule has 3 nitrogen and oxygen atoms in total. The summed E-state index contributed by atoms with van der Waals surface area (Å²) < 4.78 is 5.54. The summed E-state index contributed by atoms with van der Waals surface area (Å²) in [6.07, 6.45) is 6.66. The van der Waals surface area contributed by atoms with Crippen molar-refractivity contribution in [3.8, 4) is 0 Å². The molecule has 0 saturated carbocycles. The minimum absolute atomic E-state index is 0.389. The molecule has 1 N–H and O–H groups in total. The van der Waals surface area contributed by atoms with Crippen LogP contribution in [0.1, 0.15) is 46.0 Å². The Morgan fingerprint density at radius 2 is 1.78 bits per heavy atom. The Hall–Kier alpha value is -0.120. The van der Waals surface area contributed by atoms with Crippen molar-refractivity contribution in [1.29, 1.82) is 0 Å². The molecule has 0 aromatic carbocycles. The Morgan fingerprint density at radius 1 is 1.17 bits per heavy atom. The molecule has 2 rings (SSSR count). The van der Waals surface area contributed by atoms with E-state index >= 15 is 0 Å². The van der Waals surface area contributed by atoms with Crippen molar-refractivity contribution < 1.29 is 4.74 Å². The molecule has 0 amide bonds. The fraction of sp³-hybridized carbons (Fsp3) is 1.00. The van der Waals surface area contributed by atoms with Gasteiger partial charge in [-0.2, -0.15) is 0 Å². The number of ether oxygens (including phenoxy) is 1. The molecule has 2 fully saturated rings. The summed E-state index contributed by atoms with van der Waals surface area (Å²) in [4.78, 5) is 2.74. The topological polar surface area (TPSA) is 24.5 Å². The van der Waals surface area contributed by atoms with E-state index in [0.29, 0.717) is 5.41 Å². The van der Waals surface area contributed by atoms with Gasteiger partial charge in [0.05, 0.1) is 6.61 Å². The quantitative estimate of drug-likeness (QED) is 0.833. The molecular formula is C15H30N2O. The zero-order valence-electron chi connectivity index (χ0n) is 12.4. The third kappa shape index (κ3) is 3.25. The van der Waals surface area contributed by atoms with Crippen LogP contribution in [0.15, 0.2) is 0 Å². The first-order valence-corrected chi connectivity index (χ1v) is 7.62. The SMILES string of the molecule is COCC1(CN2C(C)CCCC2C)CCNCC1. The molecule has 0 radical (unpaired) electrons. The molecule has 2 aliphatic heterocycles. The summed E-state index contributed by atoms with van der Waals surface area (Å²) >= 11 is 0. The molecule has 2 heterocycles. The third-order valence-corrected chi connectivity index (χ3v) is 5.01. The normalized spacial score (nSPS) is 33.5. The number of piperidine rings is 2. The van der Waals surface area contributed by atoms with Gasteiger partial charge in [-0.25, -0.2) is 0 Å². The van der Waals surface area contributed by atoms with Gasteiger partial charge in [0.25, 0.3) is 0 Å². The van der Waals surface area contributed by atoms with Crippen LogP contribution in [0, 0.1) is 5.41 Å². The van der Waals surface area contributed by atoms with E-state index in [0.717, 1.165) is 31.8 Å². The Morgan fingerprint density at radius 3 is 2.33 bits per heavy atom. The number of likely N-dealkylation sites (tertiary alicyclic amines) is 1. The fourth-order valence-electron chi connectivity index (χ4n) is 3.79. The van der Waals surface area contributed by atoms with Crippen LogP contribution in [0.2, 0.25) is 0 Å². The molecule has 0 aromatic rings. The summed E-state index contributed by atoms with van der Waals surface area (Å²) in [5.74, 6) is 0. The molecule has 18 heavy (non-hydrogen) atoms. The van der Waals surface area contributed by atoms with Crippen LogP contribution < -0.4 is 5.32 Å². The first-order valence-electron chi connectivity index (χ1n) is 7.62. The summed E-state index contributed by atoms with van der Waals surface area (Å²) in [5, 5.41) is 3.48. The van der Waals surface area contributed by atoms with Gasteiger partial charge in [-0.3, -0.25) is 4.90 Å². The third-order valence-electron chi connectivity index (χ3n) is 5.01. The average molecular weight is 254 g/mol. The number of hydrogen-bond acceptors (Lipinski definition) is 3. The standard InChI is InChI=1S/C15H30N2O/c1-13-5-4-6-14(2)17(13)11-15(12-18-3)7-9-16-10-8-15/h13-14,16H,4-12H2,1-3H3. The van der Waals surface area contributed by atoms with E-state index in [4.69, 9.17) is 4.74 Å². The van der Waals surface area contributed by atoms with E-state index in [-0.39, 0.29) is 0 Å². The predicted molar refractivity (Wildman–Crippen MR) is 75.9 cm³/mol. The Labute approximate surface area is 112 Å². The zero-order valence-corrected chi connectivity index (χ0v) is 12.4. The Kier molecular flexibility index (Phi) is 5.05. The van der Waals surface area contributed by atoms with Crippen LogP contribution >= 0.6 is 0 Å². The van der Waals surface area contributed by atoms with Crippen LogP contribution in [-0.2, 0) is 4.74 Å². The van der Waals surface area contributed by atoms with E-state index in [2.05, 4.69) is 24.1 Å². The van der Waals surface area contributed by atoms with E-state index in [1.165, 1.54) is 38.6 Å².